The second kappa shape index (κ2) is 4.69. The van der Waals surface area contributed by atoms with Crippen LogP contribution in [0.2, 0.25) is 0 Å². The van der Waals surface area contributed by atoms with Crippen molar-refractivity contribution < 1.29 is 22.4 Å². The Balaban J connectivity index is 0.00000120. The molecule has 1 aromatic carbocycles. The maximum Gasteiger partial charge on any atom is 0.310 e. The van der Waals surface area contributed by atoms with Crippen LogP contribution in [0.4, 0.5) is 11.4 Å². The minimum Gasteiger partial charge on any atom is -1.00 e. The van der Waals surface area contributed by atoms with Gasteiger partial charge in [0.1, 0.15) is 6.04 Å². The van der Waals surface area contributed by atoms with E-state index in [-0.39, 0.29) is 18.4 Å². The van der Waals surface area contributed by atoms with E-state index in [2.05, 4.69) is 11.8 Å². The van der Waals surface area contributed by atoms with Crippen molar-refractivity contribution in [1.29, 1.82) is 0 Å². The van der Waals surface area contributed by atoms with E-state index in [1.165, 1.54) is 6.42 Å². The number of para-hydroxylation sites is 2. The van der Waals surface area contributed by atoms with Crippen LogP contribution in [-0.4, -0.2) is 28.4 Å². The molecule has 1 aromatic rings. The molecule has 3 rings (SSSR count). The summed E-state index contributed by atoms with van der Waals surface area (Å²) in [5.41, 5.74) is 7.93. The van der Waals surface area contributed by atoms with Crippen LogP contribution in [0.5, 0.6) is 0 Å². The summed E-state index contributed by atoms with van der Waals surface area (Å²) in [7, 11) is 0. The Kier molecular flexibility index (Phi) is 3.39. The van der Waals surface area contributed by atoms with Gasteiger partial charge in [-0.3, -0.25) is 5.73 Å². The van der Waals surface area contributed by atoms with Gasteiger partial charge in [0.2, 0.25) is 0 Å². The maximum absolute atomic E-state index is 10.1. The van der Waals surface area contributed by atoms with E-state index in [0.717, 1.165) is 29.1 Å². The largest absolute Gasteiger partial charge is 1.00 e. The van der Waals surface area contributed by atoms with Crippen molar-refractivity contribution in [3.05, 3.63) is 24.3 Å². The van der Waals surface area contributed by atoms with E-state index in [0.29, 0.717) is 11.8 Å². The second-order valence-electron chi connectivity index (χ2n) is 5.06. The third-order valence-electron chi connectivity index (χ3n) is 3.87. The molecule has 2 atom stereocenters. The standard InChI is InChI=1S/C13H17N3O.ClH/c1-9-6-7-15-10-4-2-3-5-11(10)16(17)13(14)12(15)8-9;/h2-5,9,12,14,17H,6-8H2,1H3;1H/t9-,12-;/m0./s1. The van der Waals surface area contributed by atoms with Crippen LogP contribution >= 0.6 is 0 Å². The number of fused-ring (bicyclic) bond motifs is 3. The van der Waals surface area contributed by atoms with Crippen LogP contribution in [0.3, 0.4) is 0 Å². The van der Waals surface area contributed by atoms with Crippen molar-refractivity contribution in [3.63, 3.8) is 0 Å². The number of halogens is 1. The first-order valence-electron chi connectivity index (χ1n) is 6.15. The lowest BCUT2D eigenvalue weighted by Crippen LogP contribution is -3.00. The smallest absolute Gasteiger partial charge is 0.310 e. The summed E-state index contributed by atoms with van der Waals surface area (Å²) < 4.78 is 1.15. The molecule has 0 bridgehead atoms. The summed E-state index contributed by atoms with van der Waals surface area (Å²) in [5, 5.41) is 10.1. The number of anilines is 1. The fraction of sp³-hybridized carbons (Fsp3) is 0.462. The highest BCUT2D eigenvalue weighted by atomic mass is 35.5. The van der Waals surface area contributed by atoms with Crippen LogP contribution < -0.4 is 23.0 Å². The number of nitrogens with zero attached hydrogens (tertiary/aromatic N) is 2. The number of amidine groups is 1. The molecule has 2 heterocycles. The third-order valence-corrected chi connectivity index (χ3v) is 3.87. The fourth-order valence-corrected chi connectivity index (χ4v) is 2.88. The maximum atomic E-state index is 10.1. The highest BCUT2D eigenvalue weighted by Gasteiger charge is 2.40. The zero-order chi connectivity index (χ0) is 12.0. The molecule has 3 N–H and O–H groups in total. The first-order chi connectivity index (χ1) is 8.18. The minimum absolute atomic E-state index is 0. The van der Waals surface area contributed by atoms with Gasteiger partial charge in [-0.1, -0.05) is 19.1 Å². The van der Waals surface area contributed by atoms with Gasteiger partial charge >= 0.3 is 5.84 Å². The first-order valence-corrected chi connectivity index (χ1v) is 6.15. The molecule has 0 aliphatic carbocycles. The van der Waals surface area contributed by atoms with Gasteiger partial charge in [0.25, 0.3) is 0 Å². The average Bonchev–Trinajstić information content (AvgIpc) is 2.36. The van der Waals surface area contributed by atoms with Crippen LogP contribution in [0.1, 0.15) is 19.8 Å². The molecular formula is C13H18ClN3O. The van der Waals surface area contributed by atoms with E-state index in [1.54, 1.807) is 0 Å². The quantitative estimate of drug-likeness (QED) is 0.454. The molecule has 2 aliphatic heterocycles. The van der Waals surface area contributed by atoms with E-state index >= 15 is 0 Å². The summed E-state index contributed by atoms with van der Waals surface area (Å²) >= 11 is 0. The molecule has 98 valence electrons. The molecule has 0 spiro atoms. The molecule has 1 saturated heterocycles. The molecule has 0 aromatic heterocycles. The molecule has 1 fully saturated rings. The third kappa shape index (κ3) is 1.81. The first kappa shape index (κ1) is 13.0. The molecule has 0 radical (unpaired) electrons. The molecule has 18 heavy (non-hydrogen) atoms. The number of benzene rings is 1. The number of hydrogen-bond acceptors (Lipinski definition) is 3. The lowest BCUT2D eigenvalue weighted by atomic mass is 9.90. The molecule has 5 heteroatoms. The van der Waals surface area contributed by atoms with Gasteiger partial charge in [-0.05, 0) is 35.6 Å². The monoisotopic (exact) mass is 267 g/mol. The van der Waals surface area contributed by atoms with Crippen molar-refractivity contribution in [2.45, 2.75) is 25.8 Å². The Labute approximate surface area is 113 Å². The number of piperidine rings is 1. The molecule has 2 aliphatic rings. The summed E-state index contributed by atoms with van der Waals surface area (Å²) in [5.74, 6) is 1.21. The molecular weight excluding hydrogens is 250 g/mol. The van der Waals surface area contributed by atoms with Gasteiger partial charge in [0, 0.05) is 6.54 Å². The second-order valence-corrected chi connectivity index (χ2v) is 5.06. The Morgan fingerprint density at radius 3 is 2.89 bits per heavy atom. The van der Waals surface area contributed by atoms with Crippen LogP contribution in [0.25, 0.3) is 0 Å². The highest BCUT2D eigenvalue weighted by molar-refractivity contribution is 5.89. The van der Waals surface area contributed by atoms with Crippen LogP contribution in [0, 0.1) is 5.92 Å². The number of nitrogens with two attached hydrogens (primary N) is 1. The average molecular weight is 268 g/mol. The lowest BCUT2D eigenvalue weighted by molar-refractivity contribution is -0.715. The van der Waals surface area contributed by atoms with Crippen LogP contribution in [-0.2, 0) is 0 Å². The van der Waals surface area contributed by atoms with Crippen molar-refractivity contribution in [3.8, 4) is 0 Å². The summed E-state index contributed by atoms with van der Waals surface area (Å²) in [4.78, 5) is 2.32. The predicted octanol–water partition coefficient (Wildman–Crippen LogP) is -1.30. The van der Waals surface area contributed by atoms with Gasteiger partial charge in [0.05, 0.1) is 5.69 Å². The molecule has 4 nitrogen and oxygen atoms in total. The van der Waals surface area contributed by atoms with Crippen LogP contribution in [0.15, 0.2) is 24.3 Å². The van der Waals surface area contributed by atoms with Gasteiger partial charge in [-0.25, -0.2) is 0 Å². The van der Waals surface area contributed by atoms with E-state index in [9.17, 15) is 5.21 Å². The lowest BCUT2D eigenvalue weighted by Gasteiger charge is -2.40. The van der Waals surface area contributed by atoms with Crippen molar-refractivity contribution >= 4 is 17.2 Å². The zero-order valence-electron chi connectivity index (χ0n) is 10.4. The van der Waals surface area contributed by atoms with Gasteiger partial charge in [-0.15, -0.1) is 0 Å². The van der Waals surface area contributed by atoms with Crippen molar-refractivity contribution in [1.82, 2.24) is 0 Å². The van der Waals surface area contributed by atoms with Crippen molar-refractivity contribution in [2.75, 3.05) is 11.4 Å². The van der Waals surface area contributed by atoms with E-state index in [1.807, 2.05) is 24.3 Å². The Bertz CT molecular complexity index is 489. The van der Waals surface area contributed by atoms with Crippen molar-refractivity contribution in [2.24, 2.45) is 11.7 Å². The minimum atomic E-state index is 0. The van der Waals surface area contributed by atoms with Gasteiger partial charge in [-0.2, -0.15) is 0 Å². The number of rotatable bonds is 0. The Morgan fingerprint density at radius 1 is 1.39 bits per heavy atom. The molecule has 0 amide bonds. The van der Waals surface area contributed by atoms with Gasteiger partial charge < -0.3 is 22.5 Å². The summed E-state index contributed by atoms with van der Waals surface area (Å²) in [6.07, 6.45) is 2.20. The summed E-state index contributed by atoms with van der Waals surface area (Å²) in [6.45, 7) is 3.25. The zero-order valence-corrected chi connectivity index (χ0v) is 11.1. The fourth-order valence-electron chi connectivity index (χ4n) is 2.88. The molecule has 0 saturated carbocycles. The normalized spacial score (nSPS) is 26.2. The topological polar surface area (TPSA) is 52.5 Å². The molecule has 0 unspecified atom stereocenters. The number of hydrogen-bond donors (Lipinski definition) is 2. The Morgan fingerprint density at radius 2 is 2.11 bits per heavy atom. The van der Waals surface area contributed by atoms with E-state index < -0.39 is 0 Å². The highest BCUT2D eigenvalue weighted by Crippen LogP contribution is 2.37. The SMILES string of the molecule is C[C@H]1CCN2c3ccccc3[N+](O)=C(N)[C@@H]2C1.[Cl-]. The predicted molar refractivity (Wildman–Crippen MR) is 66.9 cm³/mol. The van der Waals surface area contributed by atoms with E-state index in [4.69, 9.17) is 5.73 Å². The van der Waals surface area contributed by atoms with Gasteiger partial charge in [0.15, 0.2) is 5.69 Å². The Hall–Kier alpha value is -1.42. The summed E-state index contributed by atoms with van der Waals surface area (Å²) in [6, 6.07) is 8.01.